The van der Waals surface area contributed by atoms with Gasteiger partial charge in [-0.25, -0.2) is 19.2 Å². The standard InChI is InChI=1S/C40H52FN7O3/c1-25(2)16-30-21-48(22-37(30)49)40(50)46-35-18-31(41)17-33(26(35)3)38-34-19-36(45-39(34)44-24-43-38)29-4-6-32(7-5-29)51-23-28-10-14-47(15-11-28)20-27-8-12-42-13-9-27/h4-7,17-19,24-25,27-28,30,37,42,49H,8-16,20-23H2,1-3H3,(H,46,50)(H,43,44,45)/t30-,37-/m0/s1. The molecule has 7 rings (SSSR count). The Morgan fingerprint density at radius 2 is 1.80 bits per heavy atom. The van der Waals surface area contributed by atoms with Crippen LogP contribution in [0.2, 0.25) is 0 Å². The number of anilines is 1. The first-order valence-electron chi connectivity index (χ1n) is 18.7. The number of rotatable bonds is 10. The van der Waals surface area contributed by atoms with Gasteiger partial charge in [0.1, 0.15) is 23.5 Å². The smallest absolute Gasteiger partial charge is 0.321 e. The number of aliphatic hydroxyl groups excluding tert-OH is 1. The van der Waals surface area contributed by atoms with Crippen LogP contribution < -0.4 is 15.4 Å². The Labute approximate surface area is 300 Å². The van der Waals surface area contributed by atoms with Crippen LogP contribution in [0.15, 0.2) is 48.8 Å². The first-order valence-corrected chi connectivity index (χ1v) is 18.7. The molecule has 10 nitrogen and oxygen atoms in total. The fourth-order valence-corrected chi connectivity index (χ4v) is 8.13. The maximum absolute atomic E-state index is 15.1. The normalized spacial score (nSPS) is 20.8. The molecule has 3 saturated heterocycles. The van der Waals surface area contributed by atoms with Crippen molar-refractivity contribution in [3.05, 3.63) is 60.2 Å². The largest absolute Gasteiger partial charge is 0.493 e. The van der Waals surface area contributed by atoms with Gasteiger partial charge in [0, 0.05) is 47.9 Å². The van der Waals surface area contributed by atoms with Gasteiger partial charge in [0.2, 0.25) is 0 Å². The number of hydrogen-bond acceptors (Lipinski definition) is 7. The molecule has 0 saturated carbocycles. The highest BCUT2D eigenvalue weighted by molar-refractivity contribution is 5.97. The van der Waals surface area contributed by atoms with E-state index in [2.05, 4.69) is 44.3 Å². The molecule has 0 bridgehead atoms. The number of hydrogen-bond donors (Lipinski definition) is 4. The van der Waals surface area contributed by atoms with Crippen molar-refractivity contribution in [3.63, 3.8) is 0 Å². The number of carbonyl (C=O) groups excluding carboxylic acids is 1. The van der Waals surface area contributed by atoms with Crippen molar-refractivity contribution in [1.29, 1.82) is 0 Å². The lowest BCUT2D eigenvalue weighted by atomic mass is 9.94. The van der Waals surface area contributed by atoms with E-state index in [4.69, 9.17) is 4.74 Å². The van der Waals surface area contributed by atoms with E-state index in [0.717, 1.165) is 67.5 Å². The van der Waals surface area contributed by atoms with Gasteiger partial charge in [-0.3, -0.25) is 0 Å². The van der Waals surface area contributed by atoms with Gasteiger partial charge in [-0.05, 0) is 137 Å². The zero-order chi connectivity index (χ0) is 35.5. The maximum atomic E-state index is 15.1. The number of benzene rings is 2. The van der Waals surface area contributed by atoms with E-state index in [0.29, 0.717) is 46.5 Å². The number of piperidine rings is 2. The number of H-pyrrole nitrogens is 1. The maximum Gasteiger partial charge on any atom is 0.321 e. The number of aromatic nitrogens is 3. The second-order valence-electron chi connectivity index (χ2n) is 15.4. The van der Waals surface area contributed by atoms with E-state index in [9.17, 15) is 9.90 Å². The summed E-state index contributed by atoms with van der Waals surface area (Å²) < 4.78 is 21.3. The van der Waals surface area contributed by atoms with Crippen LogP contribution in [0.1, 0.15) is 51.5 Å². The lowest BCUT2D eigenvalue weighted by molar-refractivity contribution is 0.121. The summed E-state index contributed by atoms with van der Waals surface area (Å²) in [7, 11) is 0. The van der Waals surface area contributed by atoms with Gasteiger partial charge in [-0.1, -0.05) is 13.8 Å². The van der Waals surface area contributed by atoms with E-state index >= 15 is 4.39 Å². The summed E-state index contributed by atoms with van der Waals surface area (Å²) in [5.74, 6) is 2.25. The molecule has 5 heterocycles. The predicted molar refractivity (Wildman–Crippen MR) is 199 cm³/mol. The van der Waals surface area contributed by atoms with E-state index in [-0.39, 0.29) is 18.5 Å². The number of nitrogens with zero attached hydrogens (tertiary/aromatic N) is 4. The highest BCUT2D eigenvalue weighted by Gasteiger charge is 2.34. The molecule has 0 radical (unpaired) electrons. The van der Waals surface area contributed by atoms with Gasteiger partial charge < -0.3 is 35.3 Å². The number of nitrogens with one attached hydrogen (secondary N) is 3. The zero-order valence-electron chi connectivity index (χ0n) is 30.1. The van der Waals surface area contributed by atoms with E-state index in [1.54, 1.807) is 4.90 Å². The molecule has 51 heavy (non-hydrogen) atoms. The number of halogens is 1. The van der Waals surface area contributed by atoms with Gasteiger partial charge in [0.25, 0.3) is 0 Å². The van der Waals surface area contributed by atoms with Crippen LogP contribution in [-0.4, -0.2) is 94.4 Å². The highest BCUT2D eigenvalue weighted by Crippen LogP contribution is 2.35. The summed E-state index contributed by atoms with van der Waals surface area (Å²) in [4.78, 5) is 29.9. The van der Waals surface area contributed by atoms with Crippen LogP contribution >= 0.6 is 0 Å². The number of carbonyl (C=O) groups is 1. The van der Waals surface area contributed by atoms with Gasteiger partial charge >= 0.3 is 6.03 Å². The Morgan fingerprint density at radius 1 is 1.04 bits per heavy atom. The molecule has 3 aliphatic heterocycles. The first kappa shape index (κ1) is 35.3. The van der Waals surface area contributed by atoms with Gasteiger partial charge in [0.05, 0.1) is 18.4 Å². The molecule has 4 aromatic rings. The van der Waals surface area contributed by atoms with Crippen LogP contribution in [0.3, 0.4) is 0 Å². The molecule has 0 aliphatic carbocycles. The molecule has 0 spiro atoms. The number of amides is 2. The fraction of sp³-hybridized carbons (Fsp3) is 0.525. The minimum Gasteiger partial charge on any atom is -0.493 e. The van der Waals surface area contributed by atoms with E-state index < -0.39 is 11.9 Å². The average Bonchev–Trinajstić information content (AvgIpc) is 3.73. The van der Waals surface area contributed by atoms with E-state index in [1.165, 1.54) is 50.7 Å². The molecular weight excluding hydrogens is 645 g/mol. The molecule has 272 valence electrons. The Bertz CT molecular complexity index is 1800. The number of likely N-dealkylation sites (tertiary alicyclic amines) is 2. The Hall–Kier alpha value is -4.06. The topological polar surface area (TPSA) is 119 Å². The quantitative estimate of drug-likeness (QED) is 0.146. The summed E-state index contributed by atoms with van der Waals surface area (Å²) >= 11 is 0. The fourth-order valence-electron chi connectivity index (χ4n) is 8.13. The number of aromatic amines is 1. The number of ether oxygens (including phenoxy) is 1. The molecular formula is C40H52FN7O3. The monoisotopic (exact) mass is 697 g/mol. The third-order valence-electron chi connectivity index (χ3n) is 11.1. The Kier molecular flexibility index (Phi) is 10.9. The molecule has 0 unspecified atom stereocenters. The third-order valence-corrected chi connectivity index (χ3v) is 11.1. The van der Waals surface area contributed by atoms with Crippen molar-refractivity contribution in [3.8, 4) is 28.3 Å². The SMILES string of the molecule is Cc1c(NC(=O)N2C[C@H](CC(C)C)[C@@H](O)C2)cc(F)cc1-c1ncnc2[nH]c(-c3ccc(OCC4CCN(CC5CCNCC5)CC4)cc3)cc12. The second-order valence-corrected chi connectivity index (χ2v) is 15.4. The summed E-state index contributed by atoms with van der Waals surface area (Å²) in [6, 6.07) is 12.5. The highest BCUT2D eigenvalue weighted by atomic mass is 19.1. The molecule has 11 heteroatoms. The third kappa shape index (κ3) is 8.37. The summed E-state index contributed by atoms with van der Waals surface area (Å²) in [5, 5.41) is 17.6. The van der Waals surface area contributed by atoms with Crippen molar-refractivity contribution in [2.75, 3.05) is 57.7 Å². The van der Waals surface area contributed by atoms with Gasteiger partial charge in [-0.15, -0.1) is 0 Å². The summed E-state index contributed by atoms with van der Waals surface area (Å²) in [6.07, 6.45) is 6.70. The van der Waals surface area contributed by atoms with Gasteiger partial charge in [-0.2, -0.15) is 0 Å². The van der Waals surface area contributed by atoms with Gasteiger partial charge in [0.15, 0.2) is 0 Å². The molecule has 2 aromatic carbocycles. The van der Waals surface area contributed by atoms with Crippen LogP contribution in [0.25, 0.3) is 33.5 Å². The second kappa shape index (κ2) is 15.7. The lowest BCUT2D eigenvalue weighted by Crippen LogP contribution is -2.41. The lowest BCUT2D eigenvalue weighted by Gasteiger charge is -2.35. The molecule has 2 amide bonds. The molecule has 2 aromatic heterocycles. The first-order chi connectivity index (χ1) is 24.7. The minimum absolute atomic E-state index is 0.0305. The van der Waals surface area contributed by atoms with Crippen molar-refractivity contribution in [2.24, 2.45) is 23.7 Å². The number of urea groups is 1. The average molecular weight is 698 g/mol. The minimum atomic E-state index is -0.564. The van der Waals surface area contributed by atoms with Crippen LogP contribution in [0, 0.1) is 36.4 Å². The summed E-state index contributed by atoms with van der Waals surface area (Å²) in [6.45, 7) is 13.4. The number of β-amino-alcohol motifs (C(OH)–C–C–N with tert-alkyl or cyclic N) is 1. The number of fused-ring (bicyclic) bond motifs is 1. The molecule has 3 aliphatic rings. The zero-order valence-corrected chi connectivity index (χ0v) is 30.1. The van der Waals surface area contributed by atoms with Crippen molar-refractivity contribution >= 4 is 22.8 Å². The van der Waals surface area contributed by atoms with Crippen LogP contribution in [0.4, 0.5) is 14.9 Å². The Morgan fingerprint density at radius 3 is 2.55 bits per heavy atom. The van der Waals surface area contributed by atoms with E-state index in [1.807, 2.05) is 37.3 Å². The summed E-state index contributed by atoms with van der Waals surface area (Å²) in [5.41, 5.74) is 4.69. The molecule has 3 fully saturated rings. The van der Waals surface area contributed by atoms with Crippen molar-refractivity contribution in [1.82, 2.24) is 30.1 Å². The molecule has 4 N–H and O–H groups in total. The van der Waals surface area contributed by atoms with Crippen LogP contribution in [-0.2, 0) is 0 Å². The predicted octanol–water partition coefficient (Wildman–Crippen LogP) is 6.70. The number of aliphatic hydroxyl groups is 1. The molecule has 2 atom stereocenters. The van der Waals surface area contributed by atoms with Crippen molar-refractivity contribution in [2.45, 2.75) is 59.0 Å². The van der Waals surface area contributed by atoms with Crippen molar-refractivity contribution < 1.29 is 19.0 Å². The van der Waals surface area contributed by atoms with Crippen LogP contribution in [0.5, 0.6) is 5.75 Å². The Balaban J connectivity index is 0.997.